The molecule has 1 aliphatic heterocycles. The second-order valence-electron chi connectivity index (χ2n) is 6.43. The number of ether oxygens (including phenoxy) is 2. The molecule has 0 radical (unpaired) electrons. The molecule has 0 amide bonds. The van der Waals surface area contributed by atoms with Gasteiger partial charge < -0.3 is 9.47 Å². The summed E-state index contributed by atoms with van der Waals surface area (Å²) in [6, 6.07) is 0. The van der Waals surface area contributed by atoms with E-state index in [4.69, 9.17) is 9.47 Å². The van der Waals surface area contributed by atoms with Crippen LogP contribution in [0.4, 0.5) is 4.79 Å². The lowest BCUT2D eigenvalue weighted by Crippen LogP contribution is -2.25. The highest BCUT2D eigenvalue weighted by Crippen LogP contribution is 2.34. The Balaban J connectivity index is 2.19. The zero-order valence-corrected chi connectivity index (χ0v) is 12.8. The number of hydrogen-bond donors (Lipinski definition) is 0. The van der Waals surface area contributed by atoms with Crippen molar-refractivity contribution in [3.63, 3.8) is 0 Å². The molecule has 110 valence electrons. The minimum atomic E-state index is -0.616. The van der Waals surface area contributed by atoms with Gasteiger partial charge in [0, 0.05) is 0 Å². The molecule has 0 aliphatic carbocycles. The first-order chi connectivity index (χ1) is 8.83. The molecule has 1 heterocycles. The van der Waals surface area contributed by atoms with Gasteiger partial charge >= 0.3 is 6.16 Å². The van der Waals surface area contributed by atoms with Crippen molar-refractivity contribution >= 4 is 6.16 Å². The molecule has 0 bridgehead atoms. The number of cyclic esters (lactones) is 2. The van der Waals surface area contributed by atoms with Gasteiger partial charge in [-0.2, -0.15) is 0 Å². The first-order valence-electron chi connectivity index (χ1n) is 7.43. The third-order valence-electron chi connectivity index (χ3n) is 3.93. The van der Waals surface area contributed by atoms with E-state index in [1.165, 1.54) is 25.7 Å². The Morgan fingerprint density at radius 1 is 1.16 bits per heavy atom. The molecule has 0 spiro atoms. The van der Waals surface area contributed by atoms with E-state index < -0.39 is 11.8 Å². The van der Waals surface area contributed by atoms with E-state index in [0.717, 1.165) is 24.7 Å². The van der Waals surface area contributed by atoms with Crippen LogP contribution in [0.15, 0.2) is 12.3 Å². The van der Waals surface area contributed by atoms with Crippen LogP contribution in [0.3, 0.4) is 0 Å². The van der Waals surface area contributed by atoms with E-state index in [-0.39, 0.29) is 0 Å². The Hall–Kier alpha value is -0.990. The summed E-state index contributed by atoms with van der Waals surface area (Å²) in [7, 11) is 0. The normalized spacial score (nSPS) is 24.5. The fourth-order valence-electron chi connectivity index (χ4n) is 2.47. The summed E-state index contributed by atoms with van der Waals surface area (Å²) in [6.07, 6.45) is 6.29. The Morgan fingerprint density at radius 2 is 1.79 bits per heavy atom. The van der Waals surface area contributed by atoms with E-state index in [2.05, 4.69) is 27.4 Å². The largest absolute Gasteiger partial charge is 0.514 e. The summed E-state index contributed by atoms with van der Waals surface area (Å²) in [5.41, 5.74) is -0.616. The van der Waals surface area contributed by atoms with E-state index >= 15 is 0 Å². The van der Waals surface area contributed by atoms with Gasteiger partial charge in [-0.05, 0) is 31.6 Å². The second-order valence-corrected chi connectivity index (χ2v) is 6.43. The van der Waals surface area contributed by atoms with E-state index in [0.29, 0.717) is 5.76 Å². The van der Waals surface area contributed by atoms with Gasteiger partial charge in [0.25, 0.3) is 0 Å². The lowest BCUT2D eigenvalue weighted by molar-refractivity contribution is 0.0691. The summed E-state index contributed by atoms with van der Waals surface area (Å²) in [5.74, 6) is 1.98. The summed E-state index contributed by atoms with van der Waals surface area (Å²) < 4.78 is 10.1. The van der Waals surface area contributed by atoms with Crippen molar-refractivity contribution in [3.8, 4) is 0 Å². The highest BCUT2D eigenvalue weighted by molar-refractivity contribution is 5.66. The second kappa shape index (κ2) is 6.97. The van der Waals surface area contributed by atoms with Gasteiger partial charge in [0.2, 0.25) is 0 Å². The molecule has 1 saturated heterocycles. The summed E-state index contributed by atoms with van der Waals surface area (Å²) in [4.78, 5) is 11.1. The lowest BCUT2D eigenvalue weighted by Gasteiger charge is -2.21. The monoisotopic (exact) mass is 268 g/mol. The highest BCUT2D eigenvalue weighted by Gasteiger charge is 2.41. The molecule has 2 atom stereocenters. The van der Waals surface area contributed by atoms with Crippen molar-refractivity contribution in [1.29, 1.82) is 0 Å². The number of carbonyl (C=O) groups is 1. The molecule has 0 aromatic heterocycles. The molecule has 19 heavy (non-hydrogen) atoms. The van der Waals surface area contributed by atoms with Crippen LogP contribution in [0.5, 0.6) is 0 Å². The molecule has 0 aromatic rings. The summed E-state index contributed by atoms with van der Waals surface area (Å²) in [5, 5.41) is 0. The highest BCUT2D eigenvalue weighted by atomic mass is 16.8. The van der Waals surface area contributed by atoms with Gasteiger partial charge in [-0.15, -0.1) is 0 Å². The van der Waals surface area contributed by atoms with Crippen LogP contribution in [0.2, 0.25) is 0 Å². The maximum Gasteiger partial charge on any atom is 0.514 e. The molecule has 1 fully saturated rings. The van der Waals surface area contributed by atoms with E-state index in [1.807, 2.05) is 6.92 Å². The van der Waals surface area contributed by atoms with Crippen molar-refractivity contribution in [2.24, 2.45) is 11.8 Å². The van der Waals surface area contributed by atoms with Crippen molar-refractivity contribution < 1.29 is 14.3 Å². The van der Waals surface area contributed by atoms with Gasteiger partial charge in [-0.3, -0.25) is 0 Å². The fraction of sp³-hybridized carbons (Fsp3) is 0.812. The van der Waals surface area contributed by atoms with Crippen molar-refractivity contribution in [3.05, 3.63) is 12.3 Å². The Morgan fingerprint density at radius 3 is 2.32 bits per heavy atom. The maximum absolute atomic E-state index is 11.1. The van der Waals surface area contributed by atoms with Crippen LogP contribution >= 0.6 is 0 Å². The van der Waals surface area contributed by atoms with Gasteiger partial charge in [0.05, 0.1) is 0 Å². The molecule has 0 saturated carbocycles. The molecule has 3 heteroatoms. The Kier molecular flexibility index (Phi) is 5.89. The van der Waals surface area contributed by atoms with E-state index in [1.54, 1.807) is 0 Å². The number of rotatable bonds is 8. The lowest BCUT2D eigenvalue weighted by atomic mass is 9.91. The van der Waals surface area contributed by atoms with Gasteiger partial charge in [0.1, 0.15) is 5.76 Å². The van der Waals surface area contributed by atoms with Gasteiger partial charge in [0.15, 0.2) is 5.60 Å². The number of hydrogen-bond acceptors (Lipinski definition) is 3. The zero-order chi connectivity index (χ0) is 14.5. The van der Waals surface area contributed by atoms with Crippen LogP contribution in [0, 0.1) is 11.8 Å². The maximum atomic E-state index is 11.1. The Labute approximate surface area is 117 Å². The third-order valence-corrected chi connectivity index (χ3v) is 3.93. The van der Waals surface area contributed by atoms with Crippen LogP contribution in [0.25, 0.3) is 0 Å². The van der Waals surface area contributed by atoms with Gasteiger partial charge in [-0.25, -0.2) is 4.79 Å². The minimum absolute atomic E-state index is 0.449. The minimum Gasteiger partial charge on any atom is -0.419 e. The average Bonchev–Trinajstić information content (AvgIpc) is 2.52. The fourth-order valence-corrected chi connectivity index (χ4v) is 2.47. The molecular weight excluding hydrogens is 240 g/mol. The van der Waals surface area contributed by atoms with Crippen molar-refractivity contribution in [2.45, 2.75) is 71.8 Å². The topological polar surface area (TPSA) is 35.5 Å². The smallest absolute Gasteiger partial charge is 0.419 e. The summed E-state index contributed by atoms with van der Waals surface area (Å²) >= 11 is 0. The first kappa shape index (κ1) is 16.1. The molecule has 0 N–H and O–H groups in total. The van der Waals surface area contributed by atoms with Crippen LogP contribution in [-0.2, 0) is 9.47 Å². The standard InChI is InChI=1S/C16H28O3/c1-12(2)8-6-9-13(3)10-7-11-16(5)14(4)18-15(17)19-16/h12-13H,4,6-11H2,1-3,5H3. The zero-order valence-electron chi connectivity index (χ0n) is 12.8. The predicted molar refractivity (Wildman–Crippen MR) is 76.8 cm³/mol. The molecule has 1 aliphatic rings. The van der Waals surface area contributed by atoms with Crippen LogP contribution in [0.1, 0.15) is 66.2 Å². The molecule has 1 rings (SSSR count). The first-order valence-corrected chi connectivity index (χ1v) is 7.43. The molecular formula is C16H28O3. The Bertz CT molecular complexity index is 322. The van der Waals surface area contributed by atoms with Gasteiger partial charge in [-0.1, -0.05) is 53.0 Å². The predicted octanol–water partition coefficient (Wildman–Crippen LogP) is 5.06. The molecule has 0 aromatic carbocycles. The van der Waals surface area contributed by atoms with Crippen molar-refractivity contribution in [2.75, 3.05) is 0 Å². The van der Waals surface area contributed by atoms with Crippen LogP contribution < -0.4 is 0 Å². The molecule has 2 unspecified atom stereocenters. The van der Waals surface area contributed by atoms with Crippen molar-refractivity contribution in [1.82, 2.24) is 0 Å². The third kappa shape index (κ3) is 5.25. The molecule has 3 nitrogen and oxygen atoms in total. The number of carbonyl (C=O) groups excluding carboxylic acids is 1. The SMILES string of the molecule is C=C1OC(=O)OC1(C)CCCC(C)CCCC(C)C. The average molecular weight is 268 g/mol. The quantitative estimate of drug-likeness (QED) is 0.577. The summed E-state index contributed by atoms with van der Waals surface area (Å²) in [6.45, 7) is 12.5. The van der Waals surface area contributed by atoms with Crippen LogP contribution in [-0.4, -0.2) is 11.8 Å². The van der Waals surface area contributed by atoms with E-state index in [9.17, 15) is 4.79 Å².